The molecule has 1 saturated heterocycles. The average molecular weight is 1070 g/mol. The van der Waals surface area contributed by atoms with Crippen molar-refractivity contribution in [3.63, 3.8) is 0 Å². The van der Waals surface area contributed by atoms with Gasteiger partial charge in [0.1, 0.15) is 29.0 Å². The number of aliphatic hydroxyl groups is 1. The van der Waals surface area contributed by atoms with E-state index in [1.54, 1.807) is 29.0 Å². The summed E-state index contributed by atoms with van der Waals surface area (Å²) in [6.45, 7) is 17.9. The van der Waals surface area contributed by atoms with Gasteiger partial charge in [0.25, 0.3) is 0 Å². The van der Waals surface area contributed by atoms with Crippen LogP contribution in [0.3, 0.4) is 0 Å². The number of benzene rings is 3. The Morgan fingerprint density at radius 1 is 0.867 bits per heavy atom. The number of aryl methyl sites for hydroxylation is 3. The second-order valence-corrected chi connectivity index (χ2v) is 23.2. The molecule has 7 aromatic rings. The largest absolute Gasteiger partial charge is 0.391 e. The maximum Gasteiger partial charge on any atom is 0.246 e. The van der Waals surface area contributed by atoms with E-state index < -0.39 is 35.6 Å². The molecule has 1 fully saturated rings. The highest BCUT2D eigenvalue weighted by Gasteiger charge is 2.45. The van der Waals surface area contributed by atoms with E-state index in [-0.39, 0.29) is 55.6 Å². The van der Waals surface area contributed by atoms with E-state index >= 15 is 0 Å². The lowest BCUT2D eigenvalue weighted by Crippen LogP contribution is -2.58. The van der Waals surface area contributed by atoms with E-state index in [1.165, 1.54) is 9.78 Å². The first-order chi connectivity index (χ1) is 35.7. The van der Waals surface area contributed by atoms with Gasteiger partial charge in [0, 0.05) is 58.3 Å². The van der Waals surface area contributed by atoms with Gasteiger partial charge in [0.2, 0.25) is 23.6 Å². The zero-order valence-corrected chi connectivity index (χ0v) is 45.9. The molecule has 2 aliphatic rings. The Labute approximate surface area is 449 Å². The first-order valence-corrected chi connectivity index (χ1v) is 27.2. The van der Waals surface area contributed by atoms with Crippen LogP contribution in [0.15, 0.2) is 95.8 Å². The number of halogens is 1. The molecule has 0 radical (unpaired) electrons. The van der Waals surface area contributed by atoms with Crippen molar-refractivity contribution in [2.75, 3.05) is 13.1 Å². The van der Waals surface area contributed by atoms with Crippen LogP contribution in [-0.2, 0) is 25.6 Å². The molecular weight excluding hydrogens is 1010 g/mol. The zero-order chi connectivity index (χ0) is 53.5. The lowest BCUT2D eigenvalue weighted by atomic mass is 9.85. The Morgan fingerprint density at radius 3 is 2.24 bits per heavy atom. The van der Waals surface area contributed by atoms with Crippen molar-refractivity contribution in [3.05, 3.63) is 146 Å². The third kappa shape index (κ3) is 11.4. The van der Waals surface area contributed by atoms with Gasteiger partial charge in [-0.2, -0.15) is 0 Å². The fourth-order valence-corrected chi connectivity index (χ4v) is 11.8. The molecule has 0 aliphatic carbocycles. The monoisotopic (exact) mass is 1070 g/mol. The first-order valence-electron chi connectivity index (χ1n) is 25.1. The minimum absolute atomic E-state index is 0.0114. The van der Waals surface area contributed by atoms with Crippen LogP contribution in [-0.4, -0.2) is 99.9 Å². The maximum absolute atomic E-state index is 14.3. The smallest absolute Gasteiger partial charge is 0.246 e. The molecule has 4 N–H and O–H groups in total. The third-order valence-corrected chi connectivity index (χ3v) is 16.5. The number of hydrogen-bond donors (Lipinski definition) is 4. The van der Waals surface area contributed by atoms with Crippen LogP contribution in [0.4, 0.5) is 0 Å². The Morgan fingerprint density at radius 2 is 1.56 bits per heavy atom. The Hall–Kier alpha value is -6.86. The number of carbonyl (C=O) groups excluding carboxylic acids is 4. The fraction of sp³-hybridized carbons (Fsp3) is 0.375. The Bertz CT molecular complexity index is 3280. The van der Waals surface area contributed by atoms with Crippen LogP contribution in [0.5, 0.6) is 0 Å². The van der Waals surface area contributed by atoms with Crippen molar-refractivity contribution in [2.24, 2.45) is 10.4 Å². The second-order valence-electron chi connectivity index (χ2n) is 20.7. The van der Waals surface area contributed by atoms with Gasteiger partial charge in [-0.1, -0.05) is 93.0 Å². The molecule has 19 heteroatoms. The number of nitrogens with one attached hydrogen (secondary N) is 3. The van der Waals surface area contributed by atoms with E-state index in [9.17, 15) is 24.3 Å². The van der Waals surface area contributed by atoms with Crippen LogP contribution >= 0.6 is 34.3 Å². The molecule has 75 heavy (non-hydrogen) atoms. The molecule has 390 valence electrons. The van der Waals surface area contributed by atoms with Gasteiger partial charge in [-0.3, -0.25) is 28.7 Å². The lowest BCUT2D eigenvalue weighted by molar-refractivity contribution is -0.144. The normalized spacial score (nSPS) is 17.6. The lowest BCUT2D eigenvalue weighted by Gasteiger charge is -2.35. The number of carbonyl (C=O) groups is 4. The average Bonchev–Trinajstić information content (AvgIpc) is 4.24. The van der Waals surface area contributed by atoms with Crippen molar-refractivity contribution >= 4 is 63.6 Å². The third-order valence-electron chi connectivity index (χ3n) is 14.1. The Balaban J connectivity index is 0.797. The summed E-state index contributed by atoms with van der Waals surface area (Å²) in [5.41, 5.74) is 10.1. The predicted molar refractivity (Wildman–Crippen MR) is 293 cm³/mol. The number of aliphatic hydroxyl groups excluding tert-OH is 1. The fourth-order valence-electron chi connectivity index (χ4n) is 9.68. The topological polar surface area (TPSA) is 202 Å². The number of thiophene rings is 1. The van der Waals surface area contributed by atoms with Crippen molar-refractivity contribution in [3.8, 4) is 26.7 Å². The van der Waals surface area contributed by atoms with Gasteiger partial charge >= 0.3 is 0 Å². The molecule has 0 spiro atoms. The number of hydrogen-bond acceptors (Lipinski definition) is 12. The summed E-state index contributed by atoms with van der Waals surface area (Å²) in [6.07, 6.45) is 2.93. The highest BCUT2D eigenvalue weighted by atomic mass is 35.5. The molecule has 6 atom stereocenters. The molecular formula is C56H62ClN11O5S2. The van der Waals surface area contributed by atoms with E-state index in [0.717, 1.165) is 71.7 Å². The highest BCUT2D eigenvalue weighted by molar-refractivity contribution is 7.15. The molecule has 0 bridgehead atoms. The van der Waals surface area contributed by atoms with Crippen molar-refractivity contribution in [1.82, 2.24) is 50.1 Å². The minimum Gasteiger partial charge on any atom is -0.391 e. The molecule has 9 rings (SSSR count). The Kier molecular flexibility index (Phi) is 15.4. The van der Waals surface area contributed by atoms with Crippen LogP contribution in [0.1, 0.15) is 116 Å². The van der Waals surface area contributed by atoms with Crippen LogP contribution in [0.2, 0.25) is 5.02 Å². The molecule has 3 aromatic carbocycles. The van der Waals surface area contributed by atoms with Gasteiger partial charge in [0.05, 0.1) is 58.8 Å². The summed E-state index contributed by atoms with van der Waals surface area (Å²) in [4.78, 5) is 73.4. The van der Waals surface area contributed by atoms with E-state index in [4.69, 9.17) is 16.6 Å². The van der Waals surface area contributed by atoms with Crippen LogP contribution in [0.25, 0.3) is 26.7 Å². The SMILES string of the molecule is Cc1ncsc1-c1ccc([C@H](C)NC(=O)[C@@H]2C[C@@H](O)CN2C(=O)[C@@H](NC(=O)Cc2ccc(-c3cn([C@H](C)CNC(=O)C[C@@H]4N=C(c5ccc(Cl)cc5)c5c(sc(C)c5C)-n5c(C)nnc54)cn3)cc2)C(C)(C)C)cc1. The van der Waals surface area contributed by atoms with Gasteiger partial charge in [-0.25, -0.2) is 9.97 Å². The number of fused-ring (bicyclic) bond motifs is 3. The maximum atomic E-state index is 14.3. The number of amides is 4. The number of imidazole rings is 1. The molecule has 2 aliphatic heterocycles. The number of thiazole rings is 1. The summed E-state index contributed by atoms with van der Waals surface area (Å²) in [6, 6.07) is 20.1. The molecule has 0 unspecified atom stereocenters. The van der Waals surface area contributed by atoms with Gasteiger partial charge < -0.3 is 30.5 Å². The molecule has 4 aromatic heterocycles. The molecule has 4 amide bonds. The van der Waals surface area contributed by atoms with Crippen LogP contribution in [0, 0.1) is 33.1 Å². The summed E-state index contributed by atoms with van der Waals surface area (Å²) in [5, 5.41) is 30.4. The van der Waals surface area contributed by atoms with Gasteiger partial charge in [-0.05, 0) is 81.3 Å². The van der Waals surface area contributed by atoms with Gasteiger partial charge in [-0.15, -0.1) is 32.9 Å². The predicted octanol–water partition coefficient (Wildman–Crippen LogP) is 8.78. The number of aliphatic imine (C=N–C) groups is 1. The van der Waals surface area contributed by atoms with E-state index in [0.29, 0.717) is 17.4 Å². The number of nitrogens with zero attached hydrogens (tertiary/aromatic N) is 8. The standard InChI is InChI=1S/C56H62ClN11O5S2/c1-30(25-58-46(70)24-43-52-65-64-35(6)68(52)55-48(31(2)34(5)75-55)49(62-43)39-18-20-41(57)21-19-39)66-27-44(59-28-66)38-12-10-36(11-13-38)22-47(71)63-51(56(7,8)9)54(73)67-26-42(69)23-45(67)53(72)61-32(3)37-14-16-40(17-15-37)50-33(4)60-29-74-50/h10-21,27-30,32,42-43,45,51,69H,22-26H2,1-9H3,(H,58,70)(H,61,72)(H,63,71)/t30-,32+,42-,43+,45+,51-/m1/s1. The van der Waals surface area contributed by atoms with Gasteiger partial charge in [0.15, 0.2) is 5.82 Å². The minimum atomic E-state index is -0.964. The summed E-state index contributed by atoms with van der Waals surface area (Å²) in [7, 11) is 0. The summed E-state index contributed by atoms with van der Waals surface area (Å²) in [5.74, 6) is 0.00649. The quantitative estimate of drug-likeness (QED) is 0.0775. The molecule has 16 nitrogen and oxygen atoms in total. The van der Waals surface area contributed by atoms with Crippen molar-refractivity contribution < 1.29 is 24.3 Å². The highest BCUT2D eigenvalue weighted by Crippen LogP contribution is 2.40. The zero-order valence-electron chi connectivity index (χ0n) is 43.5. The summed E-state index contributed by atoms with van der Waals surface area (Å²) < 4.78 is 3.98. The van der Waals surface area contributed by atoms with E-state index in [2.05, 4.69) is 50.0 Å². The van der Waals surface area contributed by atoms with Crippen molar-refractivity contribution in [2.45, 2.75) is 118 Å². The van der Waals surface area contributed by atoms with Crippen LogP contribution < -0.4 is 16.0 Å². The summed E-state index contributed by atoms with van der Waals surface area (Å²) >= 11 is 9.52. The second kappa shape index (κ2) is 21.8. The first kappa shape index (κ1) is 53.0. The number of rotatable bonds is 15. The number of aromatic nitrogens is 6. The molecule has 0 saturated carbocycles. The van der Waals surface area contributed by atoms with E-state index in [1.807, 2.05) is 142 Å². The number of likely N-dealkylation sites (tertiary alicyclic amines) is 1. The van der Waals surface area contributed by atoms with Crippen molar-refractivity contribution in [1.29, 1.82) is 0 Å². The number of β-amino-alcohol motifs (C(OH)–C–C–N with tert-alkyl or cyclic N) is 1. The molecule has 6 heterocycles.